The van der Waals surface area contributed by atoms with Crippen LogP contribution in [0.5, 0.6) is 0 Å². The number of aromatic carboxylic acids is 1. The summed E-state index contributed by atoms with van der Waals surface area (Å²) < 4.78 is 0. The van der Waals surface area contributed by atoms with E-state index in [0.717, 1.165) is 5.56 Å². The molecule has 0 radical (unpaired) electrons. The second kappa shape index (κ2) is 6.23. The number of carbonyl (C=O) groups is 1. The van der Waals surface area contributed by atoms with Crippen LogP contribution in [0, 0.1) is 0 Å². The molecule has 2 aromatic heterocycles. The fourth-order valence-corrected chi connectivity index (χ4v) is 2.84. The molecule has 0 aliphatic carbocycles. The number of aromatic nitrogens is 2. The molecule has 0 unspecified atom stereocenters. The minimum Gasteiger partial charge on any atom is -0.478 e. The molecule has 0 atom stereocenters. The van der Waals surface area contributed by atoms with Crippen molar-refractivity contribution in [2.75, 3.05) is 0 Å². The summed E-state index contributed by atoms with van der Waals surface area (Å²) in [5, 5.41) is 10.1. The lowest BCUT2D eigenvalue weighted by Crippen LogP contribution is -2.00. The van der Waals surface area contributed by atoms with Crippen LogP contribution in [-0.4, -0.2) is 21.0 Å². The van der Waals surface area contributed by atoms with Crippen molar-refractivity contribution in [3.63, 3.8) is 0 Å². The molecule has 0 bridgehead atoms. The Hall–Kier alpha value is -1.30. The molecule has 4 nitrogen and oxygen atoms in total. The number of halogens is 2. The molecule has 19 heavy (non-hydrogen) atoms. The van der Waals surface area contributed by atoms with E-state index in [0.29, 0.717) is 21.1 Å². The van der Waals surface area contributed by atoms with Gasteiger partial charge in [0, 0.05) is 11.9 Å². The lowest BCUT2D eigenvalue weighted by Gasteiger charge is -2.05. The number of pyridine rings is 2. The molecule has 0 saturated carbocycles. The van der Waals surface area contributed by atoms with Crippen LogP contribution < -0.4 is 0 Å². The number of carboxylic acid groups (broad SMARTS) is 1. The van der Waals surface area contributed by atoms with Crippen LogP contribution in [0.25, 0.3) is 0 Å². The highest BCUT2D eigenvalue weighted by Gasteiger charge is 2.11. The number of hydrogen-bond acceptors (Lipinski definition) is 4. The molecule has 0 saturated heterocycles. The average Bonchev–Trinajstić information content (AvgIpc) is 2.35. The lowest BCUT2D eigenvalue weighted by molar-refractivity contribution is 0.0692. The van der Waals surface area contributed by atoms with Gasteiger partial charge >= 0.3 is 5.97 Å². The van der Waals surface area contributed by atoms with Crippen LogP contribution in [0.3, 0.4) is 0 Å². The van der Waals surface area contributed by atoms with Gasteiger partial charge in [-0.05, 0) is 29.8 Å². The molecular formula is C12H8Cl2N2O2S. The number of carboxylic acids is 1. The molecule has 2 rings (SSSR count). The van der Waals surface area contributed by atoms with Crippen LogP contribution in [0.1, 0.15) is 15.9 Å². The Kier molecular flexibility index (Phi) is 4.63. The third-order valence-corrected chi connectivity index (χ3v) is 3.66. The van der Waals surface area contributed by atoms with Crippen molar-refractivity contribution in [2.45, 2.75) is 10.8 Å². The standard InChI is InChI=1S/C12H8Cl2N2O2S/c13-9-4-7(5-10(14)16-9)6-19-11-8(12(17)18)2-1-3-15-11/h1-5H,6H2,(H,17,18). The maximum atomic E-state index is 11.0. The van der Waals surface area contributed by atoms with Crippen LogP contribution in [-0.2, 0) is 5.75 Å². The van der Waals surface area contributed by atoms with Gasteiger partial charge in [0.25, 0.3) is 0 Å². The molecule has 0 aliphatic heterocycles. The molecular weight excluding hydrogens is 307 g/mol. The van der Waals surface area contributed by atoms with Crippen LogP contribution >= 0.6 is 35.0 Å². The van der Waals surface area contributed by atoms with E-state index in [1.807, 2.05) is 0 Å². The van der Waals surface area contributed by atoms with Gasteiger partial charge < -0.3 is 5.11 Å². The van der Waals surface area contributed by atoms with Crippen LogP contribution in [0.4, 0.5) is 0 Å². The Morgan fingerprint density at radius 3 is 2.63 bits per heavy atom. The molecule has 0 fully saturated rings. The monoisotopic (exact) mass is 314 g/mol. The molecule has 98 valence electrons. The molecule has 1 N–H and O–H groups in total. The van der Waals surface area contributed by atoms with E-state index in [2.05, 4.69) is 9.97 Å². The highest BCUT2D eigenvalue weighted by molar-refractivity contribution is 7.98. The van der Waals surface area contributed by atoms with E-state index < -0.39 is 5.97 Å². The van der Waals surface area contributed by atoms with Gasteiger partial charge in [0.2, 0.25) is 0 Å². The summed E-state index contributed by atoms with van der Waals surface area (Å²) in [6, 6.07) is 6.48. The zero-order valence-corrected chi connectivity index (χ0v) is 11.8. The van der Waals surface area contributed by atoms with Gasteiger partial charge in [-0.3, -0.25) is 0 Å². The van der Waals surface area contributed by atoms with E-state index in [-0.39, 0.29) is 5.56 Å². The SMILES string of the molecule is O=C(O)c1cccnc1SCc1cc(Cl)nc(Cl)c1. The van der Waals surface area contributed by atoms with Crippen molar-refractivity contribution in [1.82, 2.24) is 9.97 Å². The zero-order chi connectivity index (χ0) is 13.8. The Bertz CT molecular complexity index is 602. The number of thioether (sulfide) groups is 1. The first-order valence-corrected chi connectivity index (χ1v) is 6.93. The second-order valence-corrected chi connectivity index (χ2v) is 5.31. The van der Waals surface area contributed by atoms with Gasteiger partial charge in [-0.2, -0.15) is 0 Å². The highest BCUT2D eigenvalue weighted by Crippen LogP contribution is 2.26. The first-order valence-electron chi connectivity index (χ1n) is 5.19. The van der Waals surface area contributed by atoms with Crippen molar-refractivity contribution < 1.29 is 9.90 Å². The van der Waals surface area contributed by atoms with Crippen molar-refractivity contribution in [2.24, 2.45) is 0 Å². The van der Waals surface area contributed by atoms with Gasteiger partial charge in [-0.15, -0.1) is 11.8 Å². The lowest BCUT2D eigenvalue weighted by atomic mass is 10.3. The van der Waals surface area contributed by atoms with E-state index in [9.17, 15) is 4.79 Å². The van der Waals surface area contributed by atoms with E-state index >= 15 is 0 Å². The van der Waals surface area contributed by atoms with Gasteiger partial charge in [0.05, 0.1) is 5.56 Å². The quantitative estimate of drug-likeness (QED) is 0.687. The zero-order valence-electron chi connectivity index (χ0n) is 9.51. The van der Waals surface area contributed by atoms with Crippen molar-refractivity contribution >= 4 is 40.9 Å². The largest absolute Gasteiger partial charge is 0.478 e. The minimum atomic E-state index is -0.999. The van der Waals surface area contributed by atoms with Gasteiger partial charge in [-0.1, -0.05) is 23.2 Å². The number of hydrogen-bond donors (Lipinski definition) is 1. The molecule has 0 amide bonds. The summed E-state index contributed by atoms with van der Waals surface area (Å²) in [7, 11) is 0. The molecule has 0 spiro atoms. The summed E-state index contributed by atoms with van der Waals surface area (Å²) >= 11 is 12.9. The summed E-state index contributed by atoms with van der Waals surface area (Å²) in [5.74, 6) is -0.486. The van der Waals surface area contributed by atoms with E-state index in [1.165, 1.54) is 17.8 Å². The summed E-state index contributed by atoms with van der Waals surface area (Å²) in [6.07, 6.45) is 1.56. The van der Waals surface area contributed by atoms with Crippen LogP contribution in [0.15, 0.2) is 35.5 Å². The van der Waals surface area contributed by atoms with Gasteiger partial charge in [0.1, 0.15) is 15.3 Å². The predicted molar refractivity (Wildman–Crippen MR) is 75.0 cm³/mol. The first kappa shape index (κ1) is 14.1. The van der Waals surface area contributed by atoms with E-state index in [4.69, 9.17) is 28.3 Å². The third kappa shape index (κ3) is 3.83. The molecule has 0 aliphatic rings. The smallest absolute Gasteiger partial charge is 0.338 e. The first-order chi connectivity index (χ1) is 9.06. The van der Waals surface area contributed by atoms with Crippen molar-refractivity contribution in [3.8, 4) is 0 Å². The van der Waals surface area contributed by atoms with Gasteiger partial charge in [-0.25, -0.2) is 14.8 Å². The van der Waals surface area contributed by atoms with Crippen molar-refractivity contribution in [1.29, 1.82) is 0 Å². The summed E-state index contributed by atoms with van der Waals surface area (Å²) in [4.78, 5) is 18.9. The minimum absolute atomic E-state index is 0.179. The maximum Gasteiger partial charge on any atom is 0.338 e. The third-order valence-electron chi connectivity index (χ3n) is 2.20. The maximum absolute atomic E-state index is 11.0. The Morgan fingerprint density at radius 2 is 2.00 bits per heavy atom. The fourth-order valence-electron chi connectivity index (χ4n) is 1.42. The second-order valence-electron chi connectivity index (χ2n) is 3.57. The Balaban J connectivity index is 2.16. The van der Waals surface area contributed by atoms with Crippen LogP contribution in [0.2, 0.25) is 10.3 Å². The Labute approximate surface area is 123 Å². The predicted octanol–water partition coefficient (Wildman–Crippen LogP) is 3.77. The number of nitrogens with zero attached hydrogens (tertiary/aromatic N) is 2. The fraction of sp³-hybridized carbons (Fsp3) is 0.0833. The summed E-state index contributed by atoms with van der Waals surface area (Å²) in [5.41, 5.74) is 1.04. The summed E-state index contributed by atoms with van der Waals surface area (Å²) in [6.45, 7) is 0. The Morgan fingerprint density at radius 1 is 1.32 bits per heavy atom. The van der Waals surface area contributed by atoms with Crippen molar-refractivity contribution in [3.05, 3.63) is 51.9 Å². The normalized spacial score (nSPS) is 10.4. The molecule has 2 heterocycles. The van der Waals surface area contributed by atoms with Gasteiger partial charge in [0.15, 0.2) is 0 Å². The average molecular weight is 315 g/mol. The molecule has 7 heteroatoms. The molecule has 0 aromatic carbocycles. The molecule has 2 aromatic rings. The topological polar surface area (TPSA) is 63.1 Å². The number of rotatable bonds is 4. The van der Waals surface area contributed by atoms with E-state index in [1.54, 1.807) is 24.4 Å². The highest BCUT2D eigenvalue weighted by atomic mass is 35.5.